The molecule has 1 N–H and O–H groups in total. The van der Waals surface area contributed by atoms with Crippen LogP contribution >= 0.6 is 0 Å². The number of nitrogens with zero attached hydrogens (tertiary/aromatic N) is 2. The van der Waals surface area contributed by atoms with Crippen LogP contribution in [-0.4, -0.2) is 40.4 Å². The molecule has 1 atom stereocenters. The number of aliphatic hydroxyl groups excluding tert-OH is 1. The highest BCUT2D eigenvalue weighted by molar-refractivity contribution is 5.18. The summed E-state index contributed by atoms with van der Waals surface area (Å²) < 4.78 is 8.07. The summed E-state index contributed by atoms with van der Waals surface area (Å²) in [5.41, 5.74) is 3.69. The lowest BCUT2D eigenvalue weighted by atomic mass is 10.1. The summed E-state index contributed by atoms with van der Waals surface area (Å²) in [6.45, 7) is 8.63. The van der Waals surface area contributed by atoms with Gasteiger partial charge in [0.25, 0.3) is 0 Å². The van der Waals surface area contributed by atoms with E-state index < -0.39 is 6.10 Å². The molecule has 166 valence electrons. The SMILES string of the molecule is CC(C)CCN(Cc1cccn1Cc1ccccc1)CC(O)COCc1ccccc1. The normalized spacial score (nSPS) is 12.5. The minimum atomic E-state index is -0.506. The van der Waals surface area contributed by atoms with Crippen molar-refractivity contribution in [3.05, 3.63) is 95.8 Å². The van der Waals surface area contributed by atoms with Crippen LogP contribution in [-0.2, 0) is 24.4 Å². The van der Waals surface area contributed by atoms with Crippen LogP contribution in [0.15, 0.2) is 79.0 Å². The number of rotatable bonds is 13. The smallest absolute Gasteiger partial charge is 0.0900 e. The quantitative estimate of drug-likeness (QED) is 0.425. The Hall–Kier alpha value is -2.40. The molecule has 0 amide bonds. The van der Waals surface area contributed by atoms with Gasteiger partial charge in [-0.05, 0) is 42.1 Å². The minimum absolute atomic E-state index is 0.345. The molecule has 2 aromatic carbocycles. The van der Waals surface area contributed by atoms with E-state index in [-0.39, 0.29) is 0 Å². The Morgan fingerprint density at radius 3 is 2.26 bits per heavy atom. The van der Waals surface area contributed by atoms with Gasteiger partial charge in [0.2, 0.25) is 0 Å². The van der Waals surface area contributed by atoms with Crippen molar-refractivity contribution >= 4 is 0 Å². The molecule has 1 unspecified atom stereocenters. The number of hydrogen-bond donors (Lipinski definition) is 1. The second-order valence-electron chi connectivity index (χ2n) is 8.69. The predicted octanol–water partition coefficient (Wildman–Crippen LogP) is 4.96. The molecule has 4 nitrogen and oxygen atoms in total. The third-order valence-corrected chi connectivity index (χ3v) is 5.42. The monoisotopic (exact) mass is 420 g/mol. The van der Waals surface area contributed by atoms with E-state index in [9.17, 15) is 5.11 Å². The number of aliphatic hydroxyl groups is 1. The van der Waals surface area contributed by atoms with E-state index in [0.717, 1.165) is 31.6 Å². The van der Waals surface area contributed by atoms with Crippen molar-refractivity contribution < 1.29 is 9.84 Å². The van der Waals surface area contributed by atoms with Gasteiger partial charge in [0.05, 0.1) is 19.3 Å². The number of hydrogen-bond acceptors (Lipinski definition) is 3. The fourth-order valence-corrected chi connectivity index (χ4v) is 3.67. The van der Waals surface area contributed by atoms with Crippen molar-refractivity contribution in [3.8, 4) is 0 Å². The number of benzene rings is 2. The zero-order valence-electron chi connectivity index (χ0n) is 18.9. The van der Waals surface area contributed by atoms with Crippen molar-refractivity contribution in [3.63, 3.8) is 0 Å². The van der Waals surface area contributed by atoms with Crippen LogP contribution in [0.1, 0.15) is 37.1 Å². The molecule has 31 heavy (non-hydrogen) atoms. The largest absolute Gasteiger partial charge is 0.389 e. The summed E-state index contributed by atoms with van der Waals surface area (Å²) in [6, 6.07) is 24.9. The van der Waals surface area contributed by atoms with Gasteiger partial charge in [-0.1, -0.05) is 74.5 Å². The van der Waals surface area contributed by atoms with Gasteiger partial charge in [-0.25, -0.2) is 0 Å². The molecule has 3 rings (SSSR count). The van der Waals surface area contributed by atoms with Crippen LogP contribution in [0.4, 0.5) is 0 Å². The maximum Gasteiger partial charge on any atom is 0.0900 e. The van der Waals surface area contributed by atoms with Crippen molar-refractivity contribution in [2.75, 3.05) is 19.7 Å². The standard InChI is InChI=1S/C27H36N2O2/c1-23(2)15-17-28(20-27(30)22-31-21-25-12-7-4-8-13-25)19-26-14-9-16-29(26)18-24-10-5-3-6-11-24/h3-14,16,23,27,30H,15,17-22H2,1-2H3. The lowest BCUT2D eigenvalue weighted by Crippen LogP contribution is -2.36. The van der Waals surface area contributed by atoms with Crippen LogP contribution in [0.25, 0.3) is 0 Å². The molecule has 0 saturated carbocycles. The van der Waals surface area contributed by atoms with Gasteiger partial charge in [-0.15, -0.1) is 0 Å². The second kappa shape index (κ2) is 12.5. The van der Waals surface area contributed by atoms with Crippen LogP contribution in [0, 0.1) is 5.92 Å². The molecule has 1 heterocycles. The van der Waals surface area contributed by atoms with Crippen molar-refractivity contribution in [2.45, 2.75) is 46.1 Å². The zero-order chi connectivity index (χ0) is 21.9. The zero-order valence-corrected chi connectivity index (χ0v) is 18.9. The van der Waals surface area contributed by atoms with Gasteiger partial charge in [0, 0.05) is 31.5 Å². The highest BCUT2D eigenvalue weighted by Crippen LogP contribution is 2.13. The molecule has 1 aromatic heterocycles. The van der Waals surface area contributed by atoms with Crippen LogP contribution in [0.5, 0.6) is 0 Å². The number of aromatic nitrogens is 1. The molecule has 3 aromatic rings. The molecule has 4 heteroatoms. The summed E-state index contributed by atoms with van der Waals surface area (Å²) in [4.78, 5) is 2.35. The molecule has 0 aliphatic heterocycles. The fourth-order valence-electron chi connectivity index (χ4n) is 3.67. The summed E-state index contributed by atoms with van der Waals surface area (Å²) in [7, 11) is 0. The molecule has 0 aliphatic carbocycles. The summed E-state index contributed by atoms with van der Waals surface area (Å²) in [5, 5.41) is 10.6. The van der Waals surface area contributed by atoms with E-state index in [1.54, 1.807) is 0 Å². The van der Waals surface area contributed by atoms with E-state index in [2.05, 4.69) is 72.0 Å². The topological polar surface area (TPSA) is 37.6 Å². The lowest BCUT2D eigenvalue weighted by molar-refractivity contribution is 0.00757. The Balaban J connectivity index is 1.55. The maximum atomic E-state index is 10.6. The molecular formula is C27H36N2O2. The summed E-state index contributed by atoms with van der Waals surface area (Å²) in [6.07, 6.45) is 2.74. The Morgan fingerprint density at radius 1 is 0.903 bits per heavy atom. The van der Waals surface area contributed by atoms with E-state index >= 15 is 0 Å². The Kier molecular flexibility index (Phi) is 9.35. The van der Waals surface area contributed by atoms with Crippen LogP contribution < -0.4 is 0 Å². The first kappa shape index (κ1) is 23.3. The molecule has 0 saturated heterocycles. The molecule has 0 radical (unpaired) electrons. The molecule has 0 fully saturated rings. The maximum absolute atomic E-state index is 10.6. The highest BCUT2D eigenvalue weighted by atomic mass is 16.5. The van der Waals surface area contributed by atoms with Crippen molar-refractivity contribution in [1.82, 2.24) is 9.47 Å². The van der Waals surface area contributed by atoms with Gasteiger partial charge in [0.1, 0.15) is 0 Å². The van der Waals surface area contributed by atoms with Gasteiger partial charge in [-0.3, -0.25) is 4.90 Å². The lowest BCUT2D eigenvalue weighted by Gasteiger charge is -2.26. The van der Waals surface area contributed by atoms with Gasteiger partial charge >= 0.3 is 0 Å². The highest BCUT2D eigenvalue weighted by Gasteiger charge is 2.15. The average Bonchev–Trinajstić information content (AvgIpc) is 3.20. The predicted molar refractivity (Wildman–Crippen MR) is 127 cm³/mol. The van der Waals surface area contributed by atoms with Crippen molar-refractivity contribution in [2.24, 2.45) is 5.92 Å². The molecular weight excluding hydrogens is 384 g/mol. The fraction of sp³-hybridized carbons (Fsp3) is 0.407. The molecule has 0 aliphatic rings. The summed E-state index contributed by atoms with van der Waals surface area (Å²) in [5.74, 6) is 0.630. The first-order valence-electron chi connectivity index (χ1n) is 11.3. The van der Waals surface area contributed by atoms with E-state index in [0.29, 0.717) is 25.7 Å². The molecule has 0 spiro atoms. The van der Waals surface area contributed by atoms with Gasteiger partial charge in [0.15, 0.2) is 0 Å². The third kappa shape index (κ3) is 8.33. The summed E-state index contributed by atoms with van der Waals surface area (Å²) >= 11 is 0. The Labute approximate surface area is 187 Å². The van der Waals surface area contributed by atoms with Gasteiger partial charge in [-0.2, -0.15) is 0 Å². The van der Waals surface area contributed by atoms with E-state index in [1.165, 1.54) is 11.3 Å². The van der Waals surface area contributed by atoms with E-state index in [1.807, 2.05) is 30.3 Å². The number of ether oxygens (including phenoxy) is 1. The second-order valence-corrected chi connectivity index (χ2v) is 8.69. The first-order valence-corrected chi connectivity index (χ1v) is 11.3. The van der Waals surface area contributed by atoms with Crippen LogP contribution in [0.3, 0.4) is 0 Å². The van der Waals surface area contributed by atoms with E-state index in [4.69, 9.17) is 4.74 Å². The van der Waals surface area contributed by atoms with Crippen molar-refractivity contribution in [1.29, 1.82) is 0 Å². The third-order valence-electron chi connectivity index (χ3n) is 5.42. The first-order chi connectivity index (χ1) is 15.1. The molecule has 0 bridgehead atoms. The van der Waals surface area contributed by atoms with Gasteiger partial charge < -0.3 is 14.4 Å². The Morgan fingerprint density at radius 2 is 1.58 bits per heavy atom. The average molecular weight is 421 g/mol. The Bertz CT molecular complexity index is 861. The van der Waals surface area contributed by atoms with Crippen LogP contribution in [0.2, 0.25) is 0 Å². The minimum Gasteiger partial charge on any atom is -0.389 e.